The lowest BCUT2D eigenvalue weighted by Gasteiger charge is -2.29. The van der Waals surface area contributed by atoms with E-state index in [2.05, 4.69) is 24.1 Å². The quantitative estimate of drug-likeness (QED) is 0.762. The molecule has 0 spiro atoms. The maximum atomic E-state index is 12.5. The molecule has 24 heavy (non-hydrogen) atoms. The Kier molecular flexibility index (Phi) is 10.4. The number of hydrogen-bond acceptors (Lipinski definition) is 3. The third-order valence-corrected chi connectivity index (χ3v) is 4.70. The van der Waals surface area contributed by atoms with Crippen molar-refractivity contribution in [3.05, 3.63) is 29.8 Å². The van der Waals surface area contributed by atoms with Gasteiger partial charge in [-0.1, -0.05) is 19.8 Å². The van der Waals surface area contributed by atoms with Crippen LogP contribution in [-0.4, -0.2) is 31.1 Å². The van der Waals surface area contributed by atoms with Gasteiger partial charge in [0.1, 0.15) is 0 Å². The molecule has 4 nitrogen and oxygen atoms in total. The Hall–Kier alpha value is -0.970. The van der Waals surface area contributed by atoms with Crippen LogP contribution in [0.25, 0.3) is 0 Å². The molecule has 1 amide bonds. The molecule has 0 saturated heterocycles. The molecule has 2 rings (SSSR count). The highest BCUT2D eigenvalue weighted by atomic mass is 35.5. The number of nitrogens with two attached hydrogens (primary N) is 1. The van der Waals surface area contributed by atoms with Crippen molar-refractivity contribution in [3.63, 3.8) is 0 Å². The van der Waals surface area contributed by atoms with Crippen LogP contribution in [-0.2, 0) is 0 Å². The summed E-state index contributed by atoms with van der Waals surface area (Å²) < 4.78 is 0. The van der Waals surface area contributed by atoms with Crippen molar-refractivity contribution < 1.29 is 4.79 Å². The molecule has 138 valence electrons. The number of nitrogens with zero attached hydrogens (tertiary/aromatic N) is 1. The molecule has 0 bridgehead atoms. The van der Waals surface area contributed by atoms with Gasteiger partial charge in [0, 0.05) is 30.9 Å². The molecule has 1 saturated carbocycles. The monoisotopic (exact) mass is 375 g/mol. The zero-order valence-corrected chi connectivity index (χ0v) is 16.3. The van der Waals surface area contributed by atoms with E-state index in [-0.39, 0.29) is 36.3 Å². The summed E-state index contributed by atoms with van der Waals surface area (Å²) in [5.74, 6) is -0.00237. The average Bonchev–Trinajstić information content (AvgIpc) is 3.02. The highest BCUT2D eigenvalue weighted by Crippen LogP contribution is 2.29. The third-order valence-electron chi connectivity index (χ3n) is 4.70. The Labute approximate surface area is 158 Å². The normalized spacial score (nSPS) is 15.1. The van der Waals surface area contributed by atoms with Crippen LogP contribution in [0.3, 0.4) is 0 Å². The summed E-state index contributed by atoms with van der Waals surface area (Å²) in [4.78, 5) is 14.8. The van der Waals surface area contributed by atoms with Crippen LogP contribution in [0, 0.1) is 0 Å². The lowest BCUT2D eigenvalue weighted by molar-refractivity contribution is 0.0903. The van der Waals surface area contributed by atoms with Gasteiger partial charge in [0.05, 0.1) is 5.54 Å². The molecular weight excluding hydrogens is 345 g/mol. The highest BCUT2D eigenvalue weighted by molar-refractivity contribution is 5.95. The molecule has 0 heterocycles. The van der Waals surface area contributed by atoms with E-state index in [1.807, 2.05) is 24.3 Å². The second-order valence-corrected chi connectivity index (χ2v) is 6.27. The molecule has 0 aromatic heterocycles. The van der Waals surface area contributed by atoms with Crippen LogP contribution in [0.4, 0.5) is 5.69 Å². The van der Waals surface area contributed by atoms with Gasteiger partial charge in [-0.15, -0.1) is 24.8 Å². The van der Waals surface area contributed by atoms with Crippen LogP contribution >= 0.6 is 24.8 Å². The minimum Gasteiger partial charge on any atom is -0.372 e. The minimum atomic E-state index is -0.187. The number of amides is 1. The van der Waals surface area contributed by atoms with Crippen LogP contribution in [0.5, 0.6) is 0 Å². The summed E-state index contributed by atoms with van der Waals surface area (Å²) in [6.07, 6.45) is 5.41. The van der Waals surface area contributed by atoms with E-state index in [0.29, 0.717) is 6.54 Å². The Morgan fingerprint density at radius 3 is 2.21 bits per heavy atom. The zero-order valence-electron chi connectivity index (χ0n) is 14.7. The second-order valence-electron chi connectivity index (χ2n) is 6.27. The Balaban J connectivity index is 0.00000264. The minimum absolute atomic E-state index is 0. The van der Waals surface area contributed by atoms with E-state index in [4.69, 9.17) is 5.73 Å². The maximum absolute atomic E-state index is 12.5. The van der Waals surface area contributed by atoms with E-state index in [0.717, 1.165) is 50.8 Å². The van der Waals surface area contributed by atoms with Crippen LogP contribution < -0.4 is 16.0 Å². The number of carbonyl (C=O) groups excluding carboxylic acids is 1. The molecule has 1 fully saturated rings. The fraction of sp³-hybridized carbons (Fsp3) is 0.611. The fourth-order valence-electron chi connectivity index (χ4n) is 3.31. The van der Waals surface area contributed by atoms with Gasteiger partial charge >= 0.3 is 0 Å². The first kappa shape index (κ1) is 23.0. The second kappa shape index (κ2) is 10.8. The molecule has 0 aliphatic heterocycles. The van der Waals surface area contributed by atoms with E-state index in [9.17, 15) is 4.79 Å². The topological polar surface area (TPSA) is 58.4 Å². The maximum Gasteiger partial charge on any atom is 0.251 e. The zero-order chi connectivity index (χ0) is 16.0. The van der Waals surface area contributed by atoms with Gasteiger partial charge in [0.15, 0.2) is 0 Å². The third kappa shape index (κ3) is 5.54. The predicted molar refractivity (Wildman–Crippen MR) is 107 cm³/mol. The van der Waals surface area contributed by atoms with Gasteiger partial charge in [0.2, 0.25) is 0 Å². The van der Waals surface area contributed by atoms with Gasteiger partial charge in [0.25, 0.3) is 5.91 Å². The molecule has 1 aromatic rings. The largest absolute Gasteiger partial charge is 0.372 e. The summed E-state index contributed by atoms with van der Waals surface area (Å²) in [5, 5.41) is 3.17. The highest BCUT2D eigenvalue weighted by Gasteiger charge is 2.34. The van der Waals surface area contributed by atoms with Crippen molar-refractivity contribution in [3.8, 4) is 0 Å². The van der Waals surface area contributed by atoms with Crippen LogP contribution in [0.2, 0.25) is 0 Å². The fourth-order valence-corrected chi connectivity index (χ4v) is 3.31. The number of hydrogen-bond donors (Lipinski definition) is 2. The van der Waals surface area contributed by atoms with Gasteiger partial charge < -0.3 is 16.0 Å². The number of benzene rings is 1. The predicted octanol–water partition coefficient (Wildman–Crippen LogP) is 3.77. The number of rotatable bonds is 7. The summed E-state index contributed by atoms with van der Waals surface area (Å²) >= 11 is 0. The molecule has 0 atom stereocenters. The number of nitrogens with one attached hydrogen (secondary N) is 1. The number of halogens is 2. The summed E-state index contributed by atoms with van der Waals surface area (Å²) in [7, 11) is 0. The lowest BCUT2D eigenvalue weighted by Crippen LogP contribution is -2.51. The molecular formula is C18H31Cl2N3O. The molecule has 1 aromatic carbocycles. The molecule has 3 N–H and O–H groups in total. The SMILES string of the molecule is CCCN(CC)c1ccc(C(=O)NC2(CN)CCCC2)cc1.Cl.Cl. The van der Waals surface area contributed by atoms with Crippen molar-refractivity contribution in [2.45, 2.75) is 51.5 Å². The van der Waals surface area contributed by atoms with E-state index < -0.39 is 0 Å². The average molecular weight is 376 g/mol. The Morgan fingerprint density at radius 1 is 1.17 bits per heavy atom. The van der Waals surface area contributed by atoms with Crippen molar-refractivity contribution in [2.24, 2.45) is 5.73 Å². The number of anilines is 1. The molecule has 0 radical (unpaired) electrons. The molecule has 0 unspecified atom stereocenters. The van der Waals surface area contributed by atoms with Crippen molar-refractivity contribution >= 4 is 36.4 Å². The first-order valence-electron chi connectivity index (χ1n) is 8.51. The van der Waals surface area contributed by atoms with E-state index in [1.165, 1.54) is 5.69 Å². The van der Waals surface area contributed by atoms with Crippen molar-refractivity contribution in [1.29, 1.82) is 0 Å². The van der Waals surface area contributed by atoms with E-state index >= 15 is 0 Å². The Morgan fingerprint density at radius 2 is 1.75 bits per heavy atom. The molecule has 1 aliphatic rings. The Bertz CT molecular complexity index is 488. The lowest BCUT2D eigenvalue weighted by atomic mass is 9.97. The van der Waals surface area contributed by atoms with Gasteiger partial charge in [-0.25, -0.2) is 0 Å². The first-order chi connectivity index (χ1) is 10.6. The summed E-state index contributed by atoms with van der Waals surface area (Å²) in [6.45, 7) is 6.88. The first-order valence-corrected chi connectivity index (χ1v) is 8.51. The molecule has 1 aliphatic carbocycles. The van der Waals surface area contributed by atoms with Crippen molar-refractivity contribution in [2.75, 3.05) is 24.5 Å². The van der Waals surface area contributed by atoms with Crippen LogP contribution in [0.15, 0.2) is 24.3 Å². The standard InChI is InChI=1S/C18H29N3O.2ClH/c1-3-13-21(4-2)16-9-7-15(8-10-16)17(22)20-18(14-19)11-5-6-12-18;;/h7-10H,3-6,11-14,19H2,1-2H3,(H,20,22);2*1H. The van der Waals surface area contributed by atoms with Crippen molar-refractivity contribution in [1.82, 2.24) is 5.32 Å². The van der Waals surface area contributed by atoms with Gasteiger partial charge in [-0.3, -0.25) is 4.79 Å². The van der Waals surface area contributed by atoms with Gasteiger partial charge in [-0.2, -0.15) is 0 Å². The van der Waals surface area contributed by atoms with Crippen LogP contribution in [0.1, 0.15) is 56.3 Å². The smallest absolute Gasteiger partial charge is 0.251 e. The number of carbonyl (C=O) groups is 1. The summed E-state index contributed by atoms with van der Waals surface area (Å²) in [6, 6.07) is 7.92. The summed E-state index contributed by atoms with van der Waals surface area (Å²) in [5.41, 5.74) is 7.60. The van der Waals surface area contributed by atoms with E-state index in [1.54, 1.807) is 0 Å². The van der Waals surface area contributed by atoms with Gasteiger partial charge in [-0.05, 0) is 50.5 Å². The molecule has 6 heteroatoms.